The number of hydrogen-bond acceptors (Lipinski definition) is 2. The molecule has 21 heavy (non-hydrogen) atoms. The summed E-state index contributed by atoms with van der Waals surface area (Å²) in [5.41, 5.74) is 9.38. The molecule has 0 radical (unpaired) electrons. The van der Waals surface area contributed by atoms with Gasteiger partial charge in [-0.25, -0.2) is 0 Å². The van der Waals surface area contributed by atoms with Crippen molar-refractivity contribution in [1.29, 1.82) is 0 Å². The molecule has 0 saturated heterocycles. The first-order chi connectivity index (χ1) is 10.4. The highest BCUT2D eigenvalue weighted by Crippen LogP contribution is 2.21. The van der Waals surface area contributed by atoms with E-state index in [1.165, 1.54) is 22.0 Å². The standard InChI is InChI=1S/C18H20N2O/c19-11-10-16-12-20(18-9-5-4-8-17(16)18)14-21-13-15-6-2-1-3-7-15/h1-9,12H,10-11,13-14,19H2. The van der Waals surface area contributed by atoms with Gasteiger partial charge in [-0.1, -0.05) is 48.5 Å². The van der Waals surface area contributed by atoms with Gasteiger partial charge in [0, 0.05) is 11.6 Å². The Balaban J connectivity index is 1.74. The van der Waals surface area contributed by atoms with Gasteiger partial charge in [0.15, 0.2) is 0 Å². The van der Waals surface area contributed by atoms with Crippen LogP contribution in [0.2, 0.25) is 0 Å². The van der Waals surface area contributed by atoms with Crippen LogP contribution < -0.4 is 5.73 Å². The van der Waals surface area contributed by atoms with Crippen LogP contribution >= 0.6 is 0 Å². The number of nitrogens with two attached hydrogens (primary N) is 1. The van der Waals surface area contributed by atoms with Crippen LogP contribution in [0.1, 0.15) is 11.1 Å². The summed E-state index contributed by atoms with van der Waals surface area (Å²) in [7, 11) is 0. The minimum Gasteiger partial charge on any atom is -0.356 e. The summed E-state index contributed by atoms with van der Waals surface area (Å²) < 4.78 is 7.99. The van der Waals surface area contributed by atoms with Crippen LogP contribution in [0.5, 0.6) is 0 Å². The van der Waals surface area contributed by atoms with Gasteiger partial charge in [0.05, 0.1) is 12.1 Å². The van der Waals surface area contributed by atoms with Gasteiger partial charge in [0.1, 0.15) is 6.73 Å². The van der Waals surface area contributed by atoms with Crippen molar-refractivity contribution in [3.63, 3.8) is 0 Å². The van der Waals surface area contributed by atoms with Crippen molar-refractivity contribution in [1.82, 2.24) is 4.57 Å². The van der Waals surface area contributed by atoms with E-state index in [2.05, 4.69) is 47.2 Å². The fraction of sp³-hybridized carbons (Fsp3) is 0.222. The lowest BCUT2D eigenvalue weighted by molar-refractivity contribution is 0.0667. The minimum absolute atomic E-state index is 0.556. The van der Waals surface area contributed by atoms with E-state index >= 15 is 0 Å². The number of fused-ring (bicyclic) bond motifs is 1. The first-order valence-electron chi connectivity index (χ1n) is 7.27. The van der Waals surface area contributed by atoms with E-state index < -0.39 is 0 Å². The van der Waals surface area contributed by atoms with E-state index in [9.17, 15) is 0 Å². The van der Waals surface area contributed by atoms with Crippen molar-refractivity contribution in [3.8, 4) is 0 Å². The Hall–Kier alpha value is -2.10. The third-order valence-electron chi connectivity index (χ3n) is 3.63. The minimum atomic E-state index is 0.556. The van der Waals surface area contributed by atoms with Crippen LogP contribution in [0.15, 0.2) is 60.8 Å². The van der Waals surface area contributed by atoms with E-state index in [0.29, 0.717) is 19.9 Å². The van der Waals surface area contributed by atoms with Gasteiger partial charge in [-0.05, 0) is 30.2 Å². The second kappa shape index (κ2) is 6.57. The third-order valence-corrected chi connectivity index (χ3v) is 3.63. The van der Waals surface area contributed by atoms with Crippen LogP contribution in [0.3, 0.4) is 0 Å². The molecule has 0 aliphatic heterocycles. The Kier molecular flexibility index (Phi) is 4.34. The maximum atomic E-state index is 5.84. The summed E-state index contributed by atoms with van der Waals surface area (Å²) in [4.78, 5) is 0. The molecule has 3 rings (SSSR count). The first kappa shape index (κ1) is 13.9. The quantitative estimate of drug-likeness (QED) is 0.752. The highest BCUT2D eigenvalue weighted by molar-refractivity contribution is 5.83. The molecule has 3 heteroatoms. The SMILES string of the molecule is NCCc1cn(COCc2ccccc2)c2ccccc12. The highest BCUT2D eigenvalue weighted by atomic mass is 16.5. The molecule has 108 valence electrons. The van der Waals surface area contributed by atoms with Crippen LogP contribution in [-0.4, -0.2) is 11.1 Å². The molecule has 0 unspecified atom stereocenters. The number of nitrogens with zero attached hydrogens (tertiary/aromatic N) is 1. The molecule has 2 aromatic carbocycles. The molecular formula is C18H20N2O. The van der Waals surface area contributed by atoms with E-state index in [1.807, 2.05) is 18.2 Å². The molecule has 0 aliphatic carbocycles. The van der Waals surface area contributed by atoms with Gasteiger partial charge in [0.25, 0.3) is 0 Å². The number of rotatable bonds is 6. The zero-order valence-electron chi connectivity index (χ0n) is 12.0. The number of benzene rings is 2. The van der Waals surface area contributed by atoms with Crippen LogP contribution in [0.4, 0.5) is 0 Å². The van der Waals surface area contributed by atoms with Crippen molar-refractivity contribution in [2.75, 3.05) is 6.54 Å². The molecule has 0 saturated carbocycles. The third kappa shape index (κ3) is 3.15. The van der Waals surface area contributed by atoms with Crippen molar-refractivity contribution >= 4 is 10.9 Å². The molecule has 1 aromatic heterocycles. The predicted molar refractivity (Wildman–Crippen MR) is 85.9 cm³/mol. The summed E-state index contributed by atoms with van der Waals surface area (Å²) >= 11 is 0. The second-order valence-electron chi connectivity index (χ2n) is 5.14. The van der Waals surface area contributed by atoms with Crippen LogP contribution in [0, 0.1) is 0 Å². The molecular weight excluding hydrogens is 260 g/mol. The lowest BCUT2D eigenvalue weighted by Crippen LogP contribution is -2.03. The molecule has 0 amide bonds. The van der Waals surface area contributed by atoms with Crippen molar-refractivity contribution in [3.05, 3.63) is 71.9 Å². The van der Waals surface area contributed by atoms with Crippen molar-refractivity contribution in [2.24, 2.45) is 5.73 Å². The number of hydrogen-bond donors (Lipinski definition) is 1. The van der Waals surface area contributed by atoms with Gasteiger partial charge in [-0.3, -0.25) is 0 Å². The molecule has 2 N–H and O–H groups in total. The Morgan fingerprint density at radius 1 is 0.952 bits per heavy atom. The van der Waals surface area contributed by atoms with E-state index in [-0.39, 0.29) is 0 Å². The summed E-state index contributed by atoms with van der Waals surface area (Å²) in [6, 6.07) is 18.6. The molecule has 0 bridgehead atoms. The van der Waals surface area contributed by atoms with E-state index in [1.54, 1.807) is 0 Å². The largest absolute Gasteiger partial charge is 0.356 e. The molecule has 0 aliphatic rings. The fourth-order valence-corrected chi connectivity index (χ4v) is 2.62. The van der Waals surface area contributed by atoms with Gasteiger partial charge >= 0.3 is 0 Å². The first-order valence-corrected chi connectivity index (χ1v) is 7.27. The molecule has 1 heterocycles. The number of ether oxygens (including phenoxy) is 1. The molecule has 0 fully saturated rings. The number of aromatic nitrogens is 1. The molecule has 3 nitrogen and oxygen atoms in total. The lowest BCUT2D eigenvalue weighted by Gasteiger charge is -2.07. The topological polar surface area (TPSA) is 40.2 Å². The Morgan fingerprint density at radius 3 is 2.52 bits per heavy atom. The summed E-state index contributed by atoms with van der Waals surface area (Å²) in [5, 5.41) is 1.27. The summed E-state index contributed by atoms with van der Waals surface area (Å²) in [6.07, 6.45) is 3.05. The molecule has 3 aromatic rings. The molecule has 0 atom stereocenters. The Labute approximate surface area is 125 Å². The van der Waals surface area contributed by atoms with Gasteiger partial charge < -0.3 is 15.0 Å². The fourth-order valence-electron chi connectivity index (χ4n) is 2.62. The van der Waals surface area contributed by atoms with Gasteiger partial charge in [-0.2, -0.15) is 0 Å². The smallest absolute Gasteiger partial charge is 0.123 e. The van der Waals surface area contributed by atoms with E-state index in [0.717, 1.165) is 6.42 Å². The van der Waals surface area contributed by atoms with E-state index in [4.69, 9.17) is 10.5 Å². The maximum absolute atomic E-state index is 5.84. The Morgan fingerprint density at radius 2 is 1.71 bits per heavy atom. The lowest BCUT2D eigenvalue weighted by atomic mass is 10.1. The van der Waals surface area contributed by atoms with Crippen LogP contribution in [-0.2, 0) is 24.5 Å². The van der Waals surface area contributed by atoms with Gasteiger partial charge in [0.2, 0.25) is 0 Å². The van der Waals surface area contributed by atoms with Gasteiger partial charge in [-0.15, -0.1) is 0 Å². The monoisotopic (exact) mass is 280 g/mol. The zero-order valence-corrected chi connectivity index (χ0v) is 12.0. The normalized spacial score (nSPS) is 11.1. The van der Waals surface area contributed by atoms with Crippen molar-refractivity contribution < 1.29 is 4.74 Å². The molecule has 0 spiro atoms. The maximum Gasteiger partial charge on any atom is 0.123 e. The van der Waals surface area contributed by atoms with Crippen molar-refractivity contribution in [2.45, 2.75) is 19.8 Å². The average Bonchev–Trinajstić information content (AvgIpc) is 2.87. The average molecular weight is 280 g/mol. The summed E-state index contributed by atoms with van der Waals surface area (Å²) in [6.45, 7) is 1.85. The highest BCUT2D eigenvalue weighted by Gasteiger charge is 2.07. The number of para-hydroxylation sites is 1. The van der Waals surface area contributed by atoms with Crippen LogP contribution in [0.25, 0.3) is 10.9 Å². The zero-order chi connectivity index (χ0) is 14.5. The Bertz CT molecular complexity index is 704. The summed E-state index contributed by atoms with van der Waals surface area (Å²) in [5.74, 6) is 0. The second-order valence-corrected chi connectivity index (χ2v) is 5.14. The predicted octanol–water partition coefficient (Wildman–Crippen LogP) is 3.32.